The number of hydrogen-bond donors (Lipinski definition) is 1. The minimum Gasteiger partial charge on any atom is -0.398 e. The van der Waals surface area contributed by atoms with E-state index >= 15 is 0 Å². The highest BCUT2D eigenvalue weighted by Gasteiger charge is 2.23. The molecule has 0 heterocycles. The van der Waals surface area contributed by atoms with Crippen LogP contribution < -0.4 is 11.0 Å². The van der Waals surface area contributed by atoms with Crippen LogP contribution in [0, 0.1) is 0 Å². The topological polar surface area (TPSA) is 43.1 Å². The van der Waals surface area contributed by atoms with Crippen molar-refractivity contribution in [1.29, 1.82) is 0 Å². The number of para-hydroxylation sites is 1. The highest BCUT2D eigenvalue weighted by Crippen LogP contribution is 2.45. The molecule has 0 aliphatic heterocycles. The van der Waals surface area contributed by atoms with E-state index in [4.69, 9.17) is 5.73 Å². The van der Waals surface area contributed by atoms with E-state index in [0.29, 0.717) is 6.42 Å². The van der Waals surface area contributed by atoms with Crippen LogP contribution in [0.3, 0.4) is 0 Å². The molecule has 0 fully saturated rings. The molecule has 0 aromatic heterocycles. The number of rotatable bonds is 3. The SMILES string of the molecule is C=C1CC(=C)c2c(P=O)ccc3c(Sc4ccccc4N)ccc1c23. The second-order valence-corrected chi connectivity index (χ2v) is 7.86. The maximum Gasteiger partial charge on any atom is 0.192 e. The molecule has 0 bridgehead atoms. The van der Waals surface area contributed by atoms with Gasteiger partial charge in [-0.1, -0.05) is 49.2 Å². The minimum atomic E-state index is 0.0179. The number of allylic oxidation sites excluding steroid dienone is 2. The molecule has 2 N–H and O–H groups in total. The first-order chi connectivity index (χ1) is 12.1. The van der Waals surface area contributed by atoms with Gasteiger partial charge in [-0.2, -0.15) is 0 Å². The molecule has 0 unspecified atom stereocenters. The summed E-state index contributed by atoms with van der Waals surface area (Å²) >= 11 is 1.65. The monoisotopic (exact) mass is 361 g/mol. The number of benzene rings is 3. The van der Waals surface area contributed by atoms with Gasteiger partial charge in [0.1, 0.15) is 0 Å². The molecule has 4 rings (SSSR count). The highest BCUT2D eigenvalue weighted by molar-refractivity contribution is 7.99. The zero-order valence-corrected chi connectivity index (χ0v) is 15.3. The van der Waals surface area contributed by atoms with Gasteiger partial charge in [-0.15, -0.1) is 0 Å². The van der Waals surface area contributed by atoms with Gasteiger partial charge in [0.15, 0.2) is 8.46 Å². The number of nitrogens with two attached hydrogens (primary N) is 1. The van der Waals surface area contributed by atoms with Gasteiger partial charge in [0.2, 0.25) is 0 Å². The lowest BCUT2D eigenvalue weighted by Crippen LogP contribution is -2.09. The van der Waals surface area contributed by atoms with Gasteiger partial charge in [-0.25, -0.2) is 0 Å². The highest BCUT2D eigenvalue weighted by atomic mass is 32.2. The van der Waals surface area contributed by atoms with Crippen molar-refractivity contribution in [2.24, 2.45) is 0 Å². The first kappa shape index (κ1) is 16.1. The Labute approximate surface area is 152 Å². The van der Waals surface area contributed by atoms with Crippen molar-refractivity contribution in [3.8, 4) is 0 Å². The summed E-state index contributed by atoms with van der Waals surface area (Å²) in [5.74, 6) is 0. The second-order valence-electron chi connectivity index (χ2n) is 6.11. The Morgan fingerprint density at radius 2 is 1.76 bits per heavy atom. The minimum absolute atomic E-state index is 0.0179. The van der Waals surface area contributed by atoms with Gasteiger partial charge in [0, 0.05) is 21.0 Å². The summed E-state index contributed by atoms with van der Waals surface area (Å²) in [5, 5.41) is 3.00. The first-order valence-corrected chi connectivity index (χ1v) is 9.54. The van der Waals surface area contributed by atoms with Crippen molar-refractivity contribution < 1.29 is 4.57 Å². The van der Waals surface area contributed by atoms with Crippen molar-refractivity contribution in [2.45, 2.75) is 16.2 Å². The van der Waals surface area contributed by atoms with E-state index in [9.17, 15) is 4.57 Å². The molecule has 0 saturated carbocycles. The van der Waals surface area contributed by atoms with E-state index in [0.717, 1.165) is 53.8 Å². The maximum absolute atomic E-state index is 11.6. The molecule has 1 aliphatic rings. The largest absolute Gasteiger partial charge is 0.398 e. The molecule has 0 saturated heterocycles. The Morgan fingerprint density at radius 1 is 0.960 bits per heavy atom. The van der Waals surface area contributed by atoms with Gasteiger partial charge < -0.3 is 5.73 Å². The first-order valence-electron chi connectivity index (χ1n) is 7.92. The molecule has 2 nitrogen and oxygen atoms in total. The standard InChI is InChI=1S/C21H16NOPS/c1-12-11-13(2)20-17(24-23)9-7-15-18(10-8-14(12)21(15)20)25-19-6-4-3-5-16(19)22/h3-10H,1-2,11,22H2. The lowest BCUT2D eigenvalue weighted by Gasteiger charge is -2.24. The average molecular weight is 361 g/mol. The Bertz CT molecular complexity index is 1070. The Kier molecular flexibility index (Phi) is 3.99. The van der Waals surface area contributed by atoms with Crippen LogP contribution in [0.5, 0.6) is 0 Å². The van der Waals surface area contributed by atoms with Crippen LogP contribution in [0.25, 0.3) is 21.9 Å². The third kappa shape index (κ3) is 2.60. The summed E-state index contributed by atoms with van der Waals surface area (Å²) in [6.45, 7) is 8.40. The summed E-state index contributed by atoms with van der Waals surface area (Å²) in [6.07, 6.45) is 0.715. The molecule has 3 aromatic rings. The van der Waals surface area contributed by atoms with Gasteiger partial charge in [0.25, 0.3) is 0 Å². The Balaban J connectivity index is 2.00. The molecular weight excluding hydrogens is 345 g/mol. The molecule has 122 valence electrons. The van der Waals surface area contributed by atoms with Crippen molar-refractivity contribution in [3.63, 3.8) is 0 Å². The molecule has 0 amide bonds. The molecular formula is C21H16NOPS. The van der Waals surface area contributed by atoms with Crippen LogP contribution in [0.2, 0.25) is 0 Å². The second kappa shape index (κ2) is 6.18. The van der Waals surface area contributed by atoms with E-state index in [1.165, 1.54) is 0 Å². The van der Waals surface area contributed by atoms with Crippen LogP contribution in [0.15, 0.2) is 71.5 Å². The molecule has 4 heteroatoms. The van der Waals surface area contributed by atoms with Gasteiger partial charge in [-0.05, 0) is 58.2 Å². The van der Waals surface area contributed by atoms with E-state index in [1.54, 1.807) is 11.8 Å². The Morgan fingerprint density at radius 3 is 2.52 bits per heavy atom. The van der Waals surface area contributed by atoms with Crippen LogP contribution >= 0.6 is 20.2 Å². The molecule has 25 heavy (non-hydrogen) atoms. The molecule has 1 aliphatic carbocycles. The zero-order valence-electron chi connectivity index (χ0n) is 13.6. The number of anilines is 1. The predicted molar refractivity (Wildman–Crippen MR) is 109 cm³/mol. The van der Waals surface area contributed by atoms with E-state index in [2.05, 4.69) is 25.3 Å². The third-order valence-corrected chi connectivity index (χ3v) is 6.26. The summed E-state index contributed by atoms with van der Waals surface area (Å²) < 4.78 is 11.6. The summed E-state index contributed by atoms with van der Waals surface area (Å²) in [7, 11) is 0.0179. The molecule has 0 atom stereocenters. The third-order valence-electron chi connectivity index (χ3n) is 4.52. The van der Waals surface area contributed by atoms with Gasteiger partial charge >= 0.3 is 0 Å². The predicted octanol–water partition coefficient (Wildman–Crippen LogP) is 5.92. The fourth-order valence-electron chi connectivity index (χ4n) is 3.36. The van der Waals surface area contributed by atoms with Crippen molar-refractivity contribution in [2.75, 3.05) is 5.73 Å². The lowest BCUT2D eigenvalue weighted by molar-refractivity contribution is 0.603. The van der Waals surface area contributed by atoms with E-state index < -0.39 is 0 Å². The molecule has 3 aromatic carbocycles. The summed E-state index contributed by atoms with van der Waals surface area (Å²) in [6, 6.07) is 16.0. The quantitative estimate of drug-likeness (QED) is 0.465. The molecule has 0 radical (unpaired) electrons. The zero-order chi connectivity index (χ0) is 17.6. The lowest BCUT2D eigenvalue weighted by atomic mass is 9.83. The molecule has 0 spiro atoms. The van der Waals surface area contributed by atoms with Crippen LogP contribution in [0.1, 0.15) is 17.5 Å². The summed E-state index contributed by atoms with van der Waals surface area (Å²) in [5.41, 5.74) is 11.0. The number of nitrogen functional groups attached to an aromatic ring is 1. The van der Waals surface area contributed by atoms with Gasteiger partial charge in [-0.3, -0.25) is 4.57 Å². The van der Waals surface area contributed by atoms with Crippen molar-refractivity contribution in [3.05, 3.63) is 72.8 Å². The fraction of sp³-hybridized carbons (Fsp3) is 0.0476. The summed E-state index contributed by atoms with van der Waals surface area (Å²) in [4.78, 5) is 2.15. The van der Waals surface area contributed by atoms with Crippen molar-refractivity contribution in [1.82, 2.24) is 0 Å². The Hall–Kier alpha value is -2.35. The van der Waals surface area contributed by atoms with E-state index in [-0.39, 0.29) is 8.46 Å². The van der Waals surface area contributed by atoms with Crippen LogP contribution in [-0.4, -0.2) is 0 Å². The fourth-order valence-corrected chi connectivity index (χ4v) is 4.84. The normalized spacial score (nSPS) is 13.6. The smallest absolute Gasteiger partial charge is 0.192 e. The van der Waals surface area contributed by atoms with E-state index in [1.807, 2.05) is 36.4 Å². The van der Waals surface area contributed by atoms with Crippen molar-refractivity contribution >= 4 is 53.1 Å². The maximum atomic E-state index is 11.6. The van der Waals surface area contributed by atoms with Gasteiger partial charge in [0.05, 0.1) is 5.30 Å². The van der Waals surface area contributed by atoms with Crippen LogP contribution in [0.4, 0.5) is 5.69 Å². The number of hydrogen-bond acceptors (Lipinski definition) is 3. The average Bonchev–Trinajstić information content (AvgIpc) is 2.61. The van der Waals surface area contributed by atoms with Crippen LogP contribution in [-0.2, 0) is 4.57 Å².